The predicted octanol–water partition coefficient (Wildman–Crippen LogP) is -0.890. The van der Waals surface area contributed by atoms with Gasteiger partial charge in [-0.05, 0) is 6.54 Å². The van der Waals surface area contributed by atoms with E-state index in [4.69, 9.17) is 4.74 Å². The number of methoxy groups -OCH3 is 1. The topological polar surface area (TPSA) is 70.6 Å². The molecular formula is C9H20N2O3. The molecule has 3 N–H and O–H groups in total. The number of carbonyl (C=O) groups is 1. The minimum atomic E-state index is -0.622. The Morgan fingerprint density at radius 2 is 2.29 bits per heavy atom. The first-order chi connectivity index (χ1) is 6.70. The third-order valence-corrected chi connectivity index (χ3v) is 1.67. The molecule has 0 aliphatic heterocycles. The van der Waals surface area contributed by atoms with Crippen molar-refractivity contribution in [3.8, 4) is 0 Å². The van der Waals surface area contributed by atoms with E-state index in [0.29, 0.717) is 13.0 Å². The van der Waals surface area contributed by atoms with Gasteiger partial charge in [-0.15, -0.1) is 0 Å². The average molecular weight is 204 g/mol. The van der Waals surface area contributed by atoms with E-state index >= 15 is 0 Å². The highest BCUT2D eigenvalue weighted by molar-refractivity contribution is 5.76. The molecule has 0 aliphatic carbocycles. The third kappa shape index (κ3) is 7.97. The Labute approximate surface area is 84.8 Å². The van der Waals surface area contributed by atoms with Crippen LogP contribution in [0.2, 0.25) is 0 Å². The van der Waals surface area contributed by atoms with E-state index in [1.54, 1.807) is 0 Å². The number of hydrogen-bond donors (Lipinski definition) is 3. The second kappa shape index (κ2) is 8.93. The molecule has 1 unspecified atom stereocenters. The fraction of sp³-hybridized carbons (Fsp3) is 0.889. The lowest BCUT2D eigenvalue weighted by molar-refractivity contribution is -0.121. The van der Waals surface area contributed by atoms with Gasteiger partial charge >= 0.3 is 0 Å². The van der Waals surface area contributed by atoms with Gasteiger partial charge < -0.3 is 20.5 Å². The lowest BCUT2D eigenvalue weighted by Gasteiger charge is -2.10. The molecule has 0 rings (SSSR count). The molecule has 1 atom stereocenters. The fourth-order valence-corrected chi connectivity index (χ4v) is 0.950. The molecule has 1 amide bonds. The summed E-state index contributed by atoms with van der Waals surface area (Å²) in [5, 5.41) is 14.9. The standard InChI is InChI=1S/C9H20N2O3/c1-3-10-5-4-9(13)11-6-8(12)7-14-2/h8,10,12H,3-7H2,1-2H3,(H,11,13). The molecule has 84 valence electrons. The zero-order valence-electron chi connectivity index (χ0n) is 8.88. The third-order valence-electron chi connectivity index (χ3n) is 1.67. The number of carbonyl (C=O) groups excluding carboxylic acids is 1. The number of nitrogens with one attached hydrogen (secondary N) is 2. The van der Waals surface area contributed by atoms with E-state index in [9.17, 15) is 9.90 Å². The maximum absolute atomic E-state index is 11.1. The van der Waals surface area contributed by atoms with E-state index in [1.807, 2.05) is 6.92 Å². The summed E-state index contributed by atoms with van der Waals surface area (Å²) in [7, 11) is 1.51. The van der Waals surface area contributed by atoms with Gasteiger partial charge in [-0.3, -0.25) is 4.79 Å². The van der Waals surface area contributed by atoms with Gasteiger partial charge in [0.2, 0.25) is 5.91 Å². The number of aliphatic hydroxyl groups is 1. The van der Waals surface area contributed by atoms with Crippen LogP contribution in [0.5, 0.6) is 0 Å². The van der Waals surface area contributed by atoms with E-state index in [0.717, 1.165) is 6.54 Å². The van der Waals surface area contributed by atoms with Crippen LogP contribution in [0.15, 0.2) is 0 Å². The maximum Gasteiger partial charge on any atom is 0.221 e. The molecule has 5 heteroatoms. The largest absolute Gasteiger partial charge is 0.389 e. The fourth-order valence-electron chi connectivity index (χ4n) is 0.950. The summed E-state index contributed by atoms with van der Waals surface area (Å²) >= 11 is 0. The predicted molar refractivity (Wildman–Crippen MR) is 54.1 cm³/mol. The Kier molecular flexibility index (Phi) is 8.51. The highest BCUT2D eigenvalue weighted by Crippen LogP contribution is 1.83. The Morgan fingerprint density at radius 1 is 1.57 bits per heavy atom. The molecule has 0 saturated heterocycles. The van der Waals surface area contributed by atoms with Crippen LogP contribution in [0.4, 0.5) is 0 Å². The van der Waals surface area contributed by atoms with Crippen molar-refractivity contribution in [3.05, 3.63) is 0 Å². The number of hydrogen-bond acceptors (Lipinski definition) is 4. The Bertz CT molecular complexity index is 153. The quantitative estimate of drug-likeness (QED) is 0.449. The molecule has 0 spiro atoms. The van der Waals surface area contributed by atoms with Gasteiger partial charge in [0.05, 0.1) is 12.7 Å². The molecule has 0 aromatic carbocycles. The van der Waals surface area contributed by atoms with Crippen LogP contribution < -0.4 is 10.6 Å². The van der Waals surface area contributed by atoms with E-state index < -0.39 is 6.10 Å². The Hall–Kier alpha value is -0.650. The normalized spacial score (nSPS) is 12.5. The molecule has 0 aromatic rings. The molecule has 0 aliphatic rings. The minimum absolute atomic E-state index is 0.0545. The van der Waals surface area contributed by atoms with Crippen LogP contribution in [0.1, 0.15) is 13.3 Å². The highest BCUT2D eigenvalue weighted by Gasteiger charge is 2.05. The monoisotopic (exact) mass is 204 g/mol. The molecule has 0 heterocycles. The molecule has 0 fully saturated rings. The Balaban J connectivity index is 3.34. The lowest BCUT2D eigenvalue weighted by atomic mass is 10.3. The van der Waals surface area contributed by atoms with Gasteiger partial charge in [0, 0.05) is 26.6 Å². The van der Waals surface area contributed by atoms with Crippen LogP contribution in [0.3, 0.4) is 0 Å². The zero-order chi connectivity index (χ0) is 10.8. The summed E-state index contributed by atoms with van der Waals surface area (Å²) in [6.07, 6.45) is -0.184. The van der Waals surface area contributed by atoms with Crippen molar-refractivity contribution in [1.82, 2.24) is 10.6 Å². The van der Waals surface area contributed by atoms with Gasteiger partial charge in [-0.2, -0.15) is 0 Å². The Morgan fingerprint density at radius 3 is 2.86 bits per heavy atom. The van der Waals surface area contributed by atoms with Crippen molar-refractivity contribution >= 4 is 5.91 Å². The summed E-state index contributed by atoms with van der Waals surface area (Å²) in [5.41, 5.74) is 0. The van der Waals surface area contributed by atoms with Crippen LogP contribution in [-0.4, -0.2) is 50.5 Å². The van der Waals surface area contributed by atoms with Gasteiger partial charge in [-0.1, -0.05) is 6.92 Å². The molecule has 0 saturated carbocycles. The SMILES string of the molecule is CCNCCC(=O)NCC(O)COC. The van der Waals surface area contributed by atoms with Gasteiger partial charge in [0.1, 0.15) is 0 Å². The first-order valence-electron chi connectivity index (χ1n) is 4.85. The average Bonchev–Trinajstić information content (AvgIpc) is 2.16. The second-order valence-electron chi connectivity index (χ2n) is 3.02. The smallest absolute Gasteiger partial charge is 0.221 e. The minimum Gasteiger partial charge on any atom is -0.389 e. The summed E-state index contributed by atoms with van der Waals surface area (Å²) < 4.78 is 4.72. The van der Waals surface area contributed by atoms with Gasteiger partial charge in [0.25, 0.3) is 0 Å². The highest BCUT2D eigenvalue weighted by atomic mass is 16.5. The van der Waals surface area contributed by atoms with Crippen LogP contribution >= 0.6 is 0 Å². The molecule has 14 heavy (non-hydrogen) atoms. The number of ether oxygens (including phenoxy) is 1. The van der Waals surface area contributed by atoms with E-state index in [-0.39, 0.29) is 19.1 Å². The van der Waals surface area contributed by atoms with Crippen molar-refractivity contribution in [3.63, 3.8) is 0 Å². The van der Waals surface area contributed by atoms with Crippen LogP contribution in [0.25, 0.3) is 0 Å². The molecule has 0 aromatic heterocycles. The van der Waals surface area contributed by atoms with Gasteiger partial charge in [0.15, 0.2) is 0 Å². The summed E-state index contributed by atoms with van der Waals surface area (Å²) in [6.45, 7) is 4.01. The first kappa shape index (κ1) is 13.4. The maximum atomic E-state index is 11.1. The number of aliphatic hydroxyl groups excluding tert-OH is 1. The van der Waals surface area contributed by atoms with E-state index in [2.05, 4.69) is 10.6 Å². The van der Waals surface area contributed by atoms with Crippen molar-refractivity contribution in [2.45, 2.75) is 19.4 Å². The second-order valence-corrected chi connectivity index (χ2v) is 3.02. The summed E-state index contributed by atoms with van der Waals surface area (Å²) in [4.78, 5) is 11.1. The number of amides is 1. The van der Waals surface area contributed by atoms with Crippen molar-refractivity contribution in [2.24, 2.45) is 0 Å². The van der Waals surface area contributed by atoms with Crippen molar-refractivity contribution < 1.29 is 14.6 Å². The summed E-state index contributed by atoms with van der Waals surface area (Å²) in [6, 6.07) is 0. The molecule has 0 radical (unpaired) electrons. The first-order valence-corrected chi connectivity index (χ1v) is 4.85. The lowest BCUT2D eigenvalue weighted by Crippen LogP contribution is -2.35. The van der Waals surface area contributed by atoms with Gasteiger partial charge in [-0.25, -0.2) is 0 Å². The zero-order valence-corrected chi connectivity index (χ0v) is 8.88. The van der Waals surface area contributed by atoms with E-state index in [1.165, 1.54) is 7.11 Å². The van der Waals surface area contributed by atoms with Crippen molar-refractivity contribution in [1.29, 1.82) is 0 Å². The molecule has 0 bridgehead atoms. The number of rotatable bonds is 8. The molecular weight excluding hydrogens is 184 g/mol. The molecule has 5 nitrogen and oxygen atoms in total. The van der Waals surface area contributed by atoms with Crippen molar-refractivity contribution in [2.75, 3.05) is 33.4 Å². The summed E-state index contributed by atoms with van der Waals surface area (Å²) in [5.74, 6) is -0.0545. The van der Waals surface area contributed by atoms with Crippen LogP contribution in [-0.2, 0) is 9.53 Å². The van der Waals surface area contributed by atoms with Crippen LogP contribution in [0, 0.1) is 0 Å².